The van der Waals surface area contributed by atoms with Crippen LogP contribution in [-0.4, -0.2) is 4.92 Å². The van der Waals surface area contributed by atoms with Crippen LogP contribution < -0.4 is 5.63 Å². The van der Waals surface area contributed by atoms with Crippen LogP contribution >= 0.6 is 0 Å². The first kappa shape index (κ1) is 23.7. The summed E-state index contributed by atoms with van der Waals surface area (Å²) in [5.74, 6) is 0.535. The Labute approximate surface area is 189 Å². The summed E-state index contributed by atoms with van der Waals surface area (Å²) in [5.41, 5.74) is 2.23. The number of nitro benzene ring substituents is 1. The van der Waals surface area contributed by atoms with Crippen LogP contribution in [0.3, 0.4) is 0 Å². The molecule has 5 heteroatoms. The van der Waals surface area contributed by atoms with Crippen LogP contribution in [0.15, 0.2) is 57.7 Å². The van der Waals surface area contributed by atoms with Crippen LogP contribution in [-0.2, 0) is 0 Å². The summed E-state index contributed by atoms with van der Waals surface area (Å²) in [6.07, 6.45) is 11.5. The molecule has 0 fully saturated rings. The van der Waals surface area contributed by atoms with Gasteiger partial charge in [-0.25, -0.2) is 4.79 Å². The van der Waals surface area contributed by atoms with Gasteiger partial charge >= 0.3 is 5.63 Å². The maximum atomic E-state index is 12.5. The van der Waals surface area contributed by atoms with Gasteiger partial charge in [-0.15, -0.1) is 0 Å². The molecule has 2 aromatic carbocycles. The van der Waals surface area contributed by atoms with Crippen molar-refractivity contribution in [2.45, 2.75) is 77.6 Å². The van der Waals surface area contributed by atoms with Gasteiger partial charge in [0, 0.05) is 11.5 Å². The maximum absolute atomic E-state index is 12.5. The molecule has 1 atom stereocenters. The fraction of sp³-hybridized carbons (Fsp3) is 0.444. The fourth-order valence-corrected chi connectivity index (χ4v) is 4.30. The highest BCUT2D eigenvalue weighted by molar-refractivity contribution is 5.83. The minimum atomic E-state index is -0.497. The Morgan fingerprint density at radius 2 is 1.59 bits per heavy atom. The Kier molecular flexibility index (Phi) is 8.60. The highest BCUT2D eigenvalue weighted by atomic mass is 16.6. The van der Waals surface area contributed by atoms with E-state index in [1.807, 2.05) is 12.1 Å². The molecule has 0 aliphatic heterocycles. The quantitative estimate of drug-likeness (QED) is 0.125. The molecule has 1 aromatic heterocycles. The molecule has 0 radical (unpaired) electrons. The summed E-state index contributed by atoms with van der Waals surface area (Å²) in [5, 5.41) is 11.6. The van der Waals surface area contributed by atoms with Gasteiger partial charge in [0.1, 0.15) is 5.58 Å². The third kappa shape index (κ3) is 6.06. The molecule has 0 saturated heterocycles. The zero-order chi connectivity index (χ0) is 22.9. The van der Waals surface area contributed by atoms with E-state index in [9.17, 15) is 14.9 Å². The number of hydrogen-bond acceptors (Lipinski definition) is 4. The first-order valence-electron chi connectivity index (χ1n) is 11.9. The Morgan fingerprint density at radius 3 is 2.25 bits per heavy atom. The second kappa shape index (κ2) is 11.6. The van der Waals surface area contributed by atoms with Crippen molar-refractivity contribution in [3.05, 3.63) is 74.6 Å². The number of unbranched alkanes of at least 4 members (excludes halogenated alkanes) is 6. The van der Waals surface area contributed by atoms with Crippen LogP contribution in [0.4, 0.5) is 5.69 Å². The van der Waals surface area contributed by atoms with E-state index in [1.165, 1.54) is 69.1 Å². The number of hydrogen-bond donors (Lipinski definition) is 0. The summed E-state index contributed by atoms with van der Waals surface area (Å²) < 4.78 is 5.38. The first-order chi connectivity index (χ1) is 15.5. The summed E-state index contributed by atoms with van der Waals surface area (Å²) in [6, 6.07) is 14.3. The van der Waals surface area contributed by atoms with Crippen molar-refractivity contribution in [3.63, 3.8) is 0 Å². The normalized spacial score (nSPS) is 12.2. The minimum absolute atomic E-state index is 0.0932. The second-order valence-corrected chi connectivity index (χ2v) is 8.56. The van der Waals surface area contributed by atoms with Crippen molar-refractivity contribution in [3.8, 4) is 11.1 Å². The first-order valence-corrected chi connectivity index (χ1v) is 11.9. The number of rotatable bonds is 12. The van der Waals surface area contributed by atoms with E-state index in [2.05, 4.69) is 26.0 Å². The van der Waals surface area contributed by atoms with Crippen LogP contribution in [0.5, 0.6) is 0 Å². The number of fused-ring (bicyclic) bond motifs is 1. The maximum Gasteiger partial charge on any atom is 0.344 e. The molecular formula is C27H33NO4. The van der Waals surface area contributed by atoms with Gasteiger partial charge in [-0.05, 0) is 42.0 Å². The Hall–Kier alpha value is -2.95. The van der Waals surface area contributed by atoms with Gasteiger partial charge < -0.3 is 4.42 Å². The predicted molar refractivity (Wildman–Crippen MR) is 130 cm³/mol. The van der Waals surface area contributed by atoms with Crippen molar-refractivity contribution >= 4 is 16.7 Å². The molecular weight excluding hydrogens is 402 g/mol. The molecule has 0 saturated carbocycles. The fourth-order valence-electron chi connectivity index (χ4n) is 4.30. The van der Waals surface area contributed by atoms with Crippen LogP contribution in [0, 0.1) is 10.1 Å². The zero-order valence-corrected chi connectivity index (χ0v) is 19.1. The highest BCUT2D eigenvalue weighted by Gasteiger charge is 2.13. The smallest absolute Gasteiger partial charge is 0.344 e. The largest absolute Gasteiger partial charge is 0.422 e. The molecule has 1 heterocycles. The number of non-ortho nitro benzene ring substituents is 1. The van der Waals surface area contributed by atoms with E-state index < -0.39 is 10.5 Å². The van der Waals surface area contributed by atoms with Crippen molar-refractivity contribution in [1.82, 2.24) is 0 Å². The van der Waals surface area contributed by atoms with Crippen LogP contribution in [0.25, 0.3) is 22.1 Å². The molecule has 0 spiro atoms. The van der Waals surface area contributed by atoms with E-state index in [-0.39, 0.29) is 11.3 Å². The molecule has 0 aliphatic rings. The molecule has 3 aromatic rings. The Balaban J connectivity index is 1.68. The van der Waals surface area contributed by atoms with E-state index in [1.54, 1.807) is 12.1 Å². The highest BCUT2D eigenvalue weighted by Crippen LogP contribution is 2.29. The standard InChI is InChI=1S/C27H33NO4/c1-3-5-6-7-8-9-10-11-20(4-2)21-12-14-22(15-13-21)25-18-23-16-17-24(28(30)31)19-26(23)32-27(25)29/h12-20H,3-11H2,1-2H3. The third-order valence-electron chi connectivity index (χ3n) is 6.27. The molecule has 170 valence electrons. The van der Waals surface area contributed by atoms with Gasteiger partial charge in [-0.2, -0.15) is 0 Å². The van der Waals surface area contributed by atoms with Crippen molar-refractivity contribution in [1.29, 1.82) is 0 Å². The molecule has 32 heavy (non-hydrogen) atoms. The number of nitrogens with zero attached hydrogens (tertiary/aromatic N) is 1. The molecule has 5 nitrogen and oxygen atoms in total. The molecule has 0 bridgehead atoms. The summed E-state index contributed by atoms with van der Waals surface area (Å²) in [6.45, 7) is 4.48. The van der Waals surface area contributed by atoms with E-state index >= 15 is 0 Å². The van der Waals surface area contributed by atoms with Crippen molar-refractivity contribution < 1.29 is 9.34 Å². The zero-order valence-electron chi connectivity index (χ0n) is 19.1. The lowest BCUT2D eigenvalue weighted by atomic mass is 9.89. The molecule has 0 amide bonds. The van der Waals surface area contributed by atoms with E-state index in [4.69, 9.17) is 4.42 Å². The van der Waals surface area contributed by atoms with Crippen molar-refractivity contribution in [2.75, 3.05) is 0 Å². The molecule has 3 rings (SSSR count). The average molecular weight is 436 g/mol. The van der Waals surface area contributed by atoms with Gasteiger partial charge in [0.2, 0.25) is 0 Å². The third-order valence-corrected chi connectivity index (χ3v) is 6.27. The molecule has 1 unspecified atom stereocenters. The topological polar surface area (TPSA) is 73.3 Å². The lowest BCUT2D eigenvalue weighted by Gasteiger charge is -2.16. The number of benzene rings is 2. The van der Waals surface area contributed by atoms with Gasteiger partial charge in [0.05, 0.1) is 16.6 Å². The molecule has 0 aliphatic carbocycles. The van der Waals surface area contributed by atoms with Gasteiger partial charge in [0.15, 0.2) is 0 Å². The van der Waals surface area contributed by atoms with Gasteiger partial charge in [-0.1, -0.05) is 83.1 Å². The van der Waals surface area contributed by atoms with E-state index in [0.717, 1.165) is 12.0 Å². The predicted octanol–water partition coefficient (Wildman–Crippen LogP) is 8.00. The summed E-state index contributed by atoms with van der Waals surface area (Å²) in [7, 11) is 0. The summed E-state index contributed by atoms with van der Waals surface area (Å²) in [4.78, 5) is 23.0. The SMILES string of the molecule is CCCCCCCCCC(CC)c1ccc(-c2cc3ccc([N+](=O)[O-])cc3oc2=O)cc1. The average Bonchev–Trinajstić information content (AvgIpc) is 2.80. The van der Waals surface area contributed by atoms with Gasteiger partial charge in [0.25, 0.3) is 5.69 Å². The minimum Gasteiger partial charge on any atom is -0.422 e. The van der Waals surface area contributed by atoms with Crippen molar-refractivity contribution in [2.24, 2.45) is 0 Å². The Morgan fingerprint density at radius 1 is 0.906 bits per heavy atom. The lowest BCUT2D eigenvalue weighted by molar-refractivity contribution is -0.384. The monoisotopic (exact) mass is 435 g/mol. The number of nitro groups is 1. The van der Waals surface area contributed by atoms with E-state index in [0.29, 0.717) is 16.9 Å². The lowest BCUT2D eigenvalue weighted by Crippen LogP contribution is -2.03. The second-order valence-electron chi connectivity index (χ2n) is 8.56. The van der Waals surface area contributed by atoms with Crippen LogP contribution in [0.1, 0.15) is 83.1 Å². The summed E-state index contributed by atoms with van der Waals surface area (Å²) >= 11 is 0. The molecule has 0 N–H and O–H groups in total. The van der Waals surface area contributed by atoms with Gasteiger partial charge in [-0.3, -0.25) is 10.1 Å². The van der Waals surface area contributed by atoms with Crippen LogP contribution in [0.2, 0.25) is 0 Å². The Bertz CT molecular complexity index is 1090.